The molecule has 1 aliphatic rings. The molecule has 0 amide bonds. The molecule has 0 aromatic heterocycles. The molecule has 1 aliphatic carbocycles. The van der Waals surface area contributed by atoms with E-state index in [1.165, 1.54) is 37.8 Å². The van der Waals surface area contributed by atoms with E-state index in [-0.39, 0.29) is 11.9 Å². The molecule has 17 heavy (non-hydrogen) atoms. The van der Waals surface area contributed by atoms with E-state index in [2.05, 4.69) is 0 Å². The molecule has 1 fully saturated rings. The Bertz CT molecular complexity index is 350. The summed E-state index contributed by atoms with van der Waals surface area (Å²) in [7, 11) is 0. The van der Waals surface area contributed by atoms with Crippen molar-refractivity contribution in [2.45, 2.75) is 38.1 Å². The van der Waals surface area contributed by atoms with Crippen molar-refractivity contribution in [2.24, 2.45) is 11.7 Å². The van der Waals surface area contributed by atoms with Gasteiger partial charge in [0, 0.05) is 12.1 Å². The second-order valence-electron chi connectivity index (χ2n) is 4.80. The molecule has 1 unspecified atom stereocenters. The fraction of sp³-hybridized carbons (Fsp3) is 0.571. The summed E-state index contributed by atoms with van der Waals surface area (Å²) in [4.78, 5) is 0. The van der Waals surface area contributed by atoms with Crippen LogP contribution in [-0.2, 0) is 0 Å². The highest BCUT2D eigenvalue weighted by Crippen LogP contribution is 2.28. The van der Waals surface area contributed by atoms with Crippen molar-refractivity contribution in [3.8, 4) is 5.75 Å². The number of rotatable bonds is 5. The summed E-state index contributed by atoms with van der Waals surface area (Å²) in [5.74, 6) is 0.984. The largest absolute Gasteiger partial charge is 0.493 e. The van der Waals surface area contributed by atoms with Gasteiger partial charge in [0.25, 0.3) is 0 Å². The predicted molar refractivity (Wildman–Crippen MR) is 66.4 cm³/mol. The van der Waals surface area contributed by atoms with Crippen LogP contribution in [0.2, 0.25) is 0 Å². The molecule has 1 aromatic carbocycles. The van der Waals surface area contributed by atoms with Crippen molar-refractivity contribution < 1.29 is 9.13 Å². The summed E-state index contributed by atoms with van der Waals surface area (Å²) < 4.78 is 18.4. The van der Waals surface area contributed by atoms with Crippen LogP contribution in [0, 0.1) is 11.7 Å². The van der Waals surface area contributed by atoms with Gasteiger partial charge in [0.2, 0.25) is 0 Å². The van der Waals surface area contributed by atoms with Gasteiger partial charge in [-0.15, -0.1) is 0 Å². The normalized spacial score (nSPS) is 18.2. The Hall–Kier alpha value is -1.09. The van der Waals surface area contributed by atoms with Crippen molar-refractivity contribution in [1.82, 2.24) is 0 Å². The first-order valence-electron chi connectivity index (χ1n) is 6.39. The lowest BCUT2D eigenvalue weighted by Gasteiger charge is -2.18. The smallest absolute Gasteiger partial charge is 0.126 e. The summed E-state index contributed by atoms with van der Waals surface area (Å²) >= 11 is 0. The van der Waals surface area contributed by atoms with Crippen LogP contribution in [0.5, 0.6) is 5.75 Å². The zero-order chi connectivity index (χ0) is 12.1. The van der Waals surface area contributed by atoms with E-state index < -0.39 is 0 Å². The monoisotopic (exact) mass is 237 g/mol. The maximum Gasteiger partial charge on any atom is 0.126 e. The van der Waals surface area contributed by atoms with Gasteiger partial charge >= 0.3 is 0 Å². The van der Waals surface area contributed by atoms with Gasteiger partial charge in [-0.2, -0.15) is 0 Å². The Morgan fingerprint density at radius 1 is 1.35 bits per heavy atom. The molecule has 2 nitrogen and oxygen atoms in total. The maximum atomic E-state index is 12.9. The summed E-state index contributed by atoms with van der Waals surface area (Å²) in [6.45, 7) is 0.571. The summed E-state index contributed by atoms with van der Waals surface area (Å²) in [5.41, 5.74) is 6.12. The quantitative estimate of drug-likeness (QED) is 0.854. The molecule has 3 heteroatoms. The van der Waals surface area contributed by atoms with Gasteiger partial charge < -0.3 is 10.5 Å². The van der Waals surface area contributed by atoms with Crippen LogP contribution in [0.4, 0.5) is 4.39 Å². The van der Waals surface area contributed by atoms with E-state index in [1.54, 1.807) is 12.1 Å². The van der Waals surface area contributed by atoms with Crippen LogP contribution < -0.4 is 10.5 Å². The number of hydrogen-bond acceptors (Lipinski definition) is 2. The molecule has 2 rings (SSSR count). The maximum absolute atomic E-state index is 12.9. The van der Waals surface area contributed by atoms with Gasteiger partial charge in [0.1, 0.15) is 11.6 Å². The van der Waals surface area contributed by atoms with E-state index in [4.69, 9.17) is 10.5 Å². The highest BCUT2D eigenvalue weighted by Gasteiger charge is 2.21. The molecule has 1 saturated carbocycles. The van der Waals surface area contributed by atoms with E-state index >= 15 is 0 Å². The van der Waals surface area contributed by atoms with Crippen LogP contribution in [0.1, 0.15) is 32.1 Å². The minimum atomic E-state index is -0.261. The second-order valence-corrected chi connectivity index (χ2v) is 4.80. The van der Waals surface area contributed by atoms with Gasteiger partial charge in [-0.25, -0.2) is 4.39 Å². The molecule has 0 radical (unpaired) electrons. The van der Waals surface area contributed by atoms with Crippen LogP contribution >= 0.6 is 0 Å². The zero-order valence-electron chi connectivity index (χ0n) is 10.1. The lowest BCUT2D eigenvalue weighted by atomic mass is 9.97. The Balaban J connectivity index is 1.71. The first kappa shape index (κ1) is 12.4. The van der Waals surface area contributed by atoms with Crippen molar-refractivity contribution in [3.63, 3.8) is 0 Å². The van der Waals surface area contributed by atoms with Crippen LogP contribution in [0.3, 0.4) is 0 Å². The molecule has 1 aromatic rings. The van der Waals surface area contributed by atoms with E-state index in [0.717, 1.165) is 6.42 Å². The van der Waals surface area contributed by atoms with Gasteiger partial charge in [-0.3, -0.25) is 0 Å². The van der Waals surface area contributed by atoms with Gasteiger partial charge in [-0.05, 0) is 37.3 Å². The first-order valence-corrected chi connectivity index (χ1v) is 6.39. The fourth-order valence-electron chi connectivity index (χ4n) is 2.49. The van der Waals surface area contributed by atoms with Crippen molar-refractivity contribution >= 4 is 0 Å². The molecule has 0 aliphatic heterocycles. The first-order chi connectivity index (χ1) is 8.25. The second kappa shape index (κ2) is 6.01. The molecule has 0 saturated heterocycles. The minimum absolute atomic E-state index is 0.228. The summed E-state index contributed by atoms with van der Waals surface area (Å²) in [6.07, 6.45) is 5.97. The van der Waals surface area contributed by atoms with Crippen molar-refractivity contribution in [2.75, 3.05) is 6.61 Å². The van der Waals surface area contributed by atoms with Gasteiger partial charge in [0.05, 0.1) is 6.61 Å². The number of ether oxygens (including phenoxy) is 1. The highest BCUT2D eigenvalue weighted by atomic mass is 19.1. The van der Waals surface area contributed by atoms with Crippen molar-refractivity contribution in [3.05, 3.63) is 30.1 Å². The fourth-order valence-corrected chi connectivity index (χ4v) is 2.49. The molecule has 94 valence electrons. The number of nitrogens with two attached hydrogens (primary N) is 1. The van der Waals surface area contributed by atoms with E-state index in [0.29, 0.717) is 18.3 Å². The Morgan fingerprint density at radius 2 is 2.12 bits per heavy atom. The minimum Gasteiger partial charge on any atom is -0.493 e. The summed E-state index contributed by atoms with van der Waals surface area (Å²) in [6, 6.07) is 6.47. The third kappa shape index (κ3) is 3.70. The number of hydrogen-bond donors (Lipinski definition) is 1. The third-order valence-electron chi connectivity index (χ3n) is 3.52. The Morgan fingerprint density at radius 3 is 2.82 bits per heavy atom. The average molecular weight is 237 g/mol. The van der Waals surface area contributed by atoms with E-state index in [1.807, 2.05) is 0 Å². The molecular formula is C14H20FNO. The Kier molecular flexibility index (Phi) is 4.37. The molecule has 2 N–H and O–H groups in total. The van der Waals surface area contributed by atoms with Crippen LogP contribution in [-0.4, -0.2) is 12.6 Å². The molecule has 0 spiro atoms. The highest BCUT2D eigenvalue weighted by molar-refractivity contribution is 5.22. The average Bonchev–Trinajstić information content (AvgIpc) is 2.82. The van der Waals surface area contributed by atoms with Crippen LogP contribution in [0.25, 0.3) is 0 Å². The predicted octanol–water partition coefficient (Wildman–Crippen LogP) is 3.11. The molecule has 0 bridgehead atoms. The molecule has 0 heterocycles. The lowest BCUT2D eigenvalue weighted by molar-refractivity contribution is 0.273. The van der Waals surface area contributed by atoms with Crippen molar-refractivity contribution in [1.29, 1.82) is 0 Å². The SMILES string of the molecule is NC(CCOc1cccc(F)c1)C1CCCC1. The van der Waals surface area contributed by atoms with Crippen LogP contribution in [0.15, 0.2) is 24.3 Å². The summed E-state index contributed by atoms with van der Waals surface area (Å²) in [5, 5.41) is 0. The zero-order valence-corrected chi connectivity index (χ0v) is 10.1. The Labute approximate surface area is 102 Å². The standard InChI is InChI=1S/C14H20FNO/c15-12-6-3-7-13(10-12)17-9-8-14(16)11-4-1-2-5-11/h3,6-7,10-11,14H,1-2,4-5,8-9,16H2. The number of benzene rings is 1. The van der Waals surface area contributed by atoms with E-state index in [9.17, 15) is 4.39 Å². The van der Waals surface area contributed by atoms with Gasteiger partial charge in [-0.1, -0.05) is 18.9 Å². The number of halogens is 1. The molecular weight excluding hydrogens is 217 g/mol. The topological polar surface area (TPSA) is 35.2 Å². The third-order valence-corrected chi connectivity index (χ3v) is 3.52. The van der Waals surface area contributed by atoms with Gasteiger partial charge in [0.15, 0.2) is 0 Å². The lowest BCUT2D eigenvalue weighted by Crippen LogP contribution is -2.30. The molecule has 1 atom stereocenters.